The summed E-state index contributed by atoms with van der Waals surface area (Å²) in [5, 5.41) is 17.3. The molecule has 2 aliphatic rings. The molecule has 1 amide bonds. The number of hydrogen-bond donors (Lipinski definition) is 4. The number of hydrazine groups is 1. The number of unbranched alkanes of at least 4 members (excludes halogenated alkanes) is 1. The molecule has 0 saturated carbocycles. The van der Waals surface area contributed by atoms with Gasteiger partial charge in [-0.2, -0.15) is 5.10 Å². The largest absolute Gasteiger partial charge is 0.481 e. The van der Waals surface area contributed by atoms with E-state index in [1.807, 2.05) is 36.1 Å². The predicted molar refractivity (Wildman–Crippen MR) is 131 cm³/mol. The lowest BCUT2D eigenvalue weighted by Crippen LogP contribution is -2.58. The number of carboxylic acid groups (broad SMARTS) is 1. The molecule has 9 nitrogen and oxygen atoms in total. The summed E-state index contributed by atoms with van der Waals surface area (Å²) in [6, 6.07) is 7.85. The molecule has 0 bridgehead atoms. The number of carbonyl (C=O) groups is 2. The van der Waals surface area contributed by atoms with E-state index < -0.39 is 17.4 Å². The van der Waals surface area contributed by atoms with E-state index in [4.69, 9.17) is 4.74 Å². The number of piperidine rings is 1. The van der Waals surface area contributed by atoms with E-state index in [2.05, 4.69) is 35.2 Å². The molecule has 34 heavy (non-hydrogen) atoms. The van der Waals surface area contributed by atoms with E-state index in [0.717, 1.165) is 24.0 Å². The van der Waals surface area contributed by atoms with Gasteiger partial charge in [0.1, 0.15) is 5.54 Å². The summed E-state index contributed by atoms with van der Waals surface area (Å²) >= 11 is 0. The van der Waals surface area contributed by atoms with E-state index >= 15 is 0 Å². The second kappa shape index (κ2) is 11.8. The number of rotatable bonds is 11. The van der Waals surface area contributed by atoms with E-state index in [1.54, 1.807) is 7.11 Å². The highest BCUT2D eigenvalue weighted by Crippen LogP contribution is 2.34. The van der Waals surface area contributed by atoms with E-state index in [-0.39, 0.29) is 17.9 Å². The SMILES string of the molecule is COCCCCC1(c2ccccc2C)NNN=C1C(=O)N(CC(C)C)[C@@H]1CNC[C@H](C(=O)O)C1. The number of amides is 1. The molecule has 1 unspecified atom stereocenters. The average Bonchev–Trinajstić information content (AvgIpc) is 3.25. The Hall–Kier alpha value is -2.49. The Morgan fingerprint density at radius 2 is 2.03 bits per heavy atom. The van der Waals surface area contributed by atoms with Gasteiger partial charge in [-0.1, -0.05) is 38.1 Å². The minimum atomic E-state index is -0.830. The number of ether oxygens (including phenoxy) is 1. The maximum atomic E-state index is 14.2. The summed E-state index contributed by atoms with van der Waals surface area (Å²) in [6.45, 7) is 8.36. The van der Waals surface area contributed by atoms with Crippen LogP contribution in [0.2, 0.25) is 0 Å². The molecule has 0 spiro atoms. The van der Waals surface area contributed by atoms with Crippen molar-refractivity contribution in [1.29, 1.82) is 0 Å². The highest BCUT2D eigenvalue weighted by Gasteiger charge is 2.48. The number of carbonyl (C=O) groups excluding carboxylic acids is 1. The van der Waals surface area contributed by atoms with Gasteiger partial charge >= 0.3 is 5.97 Å². The molecular formula is C25H39N5O4. The minimum Gasteiger partial charge on any atom is -0.481 e. The van der Waals surface area contributed by atoms with Crippen LogP contribution in [0.25, 0.3) is 0 Å². The smallest absolute Gasteiger partial charge is 0.307 e. The van der Waals surface area contributed by atoms with Gasteiger partial charge in [-0.3, -0.25) is 9.59 Å². The van der Waals surface area contributed by atoms with Crippen molar-refractivity contribution >= 4 is 17.6 Å². The zero-order valence-electron chi connectivity index (χ0n) is 20.8. The third kappa shape index (κ3) is 5.76. The monoisotopic (exact) mass is 473 g/mol. The zero-order valence-corrected chi connectivity index (χ0v) is 20.8. The topological polar surface area (TPSA) is 115 Å². The van der Waals surface area contributed by atoms with Gasteiger partial charge in [-0.15, -0.1) is 0 Å². The number of hydrazone groups is 1. The summed E-state index contributed by atoms with van der Waals surface area (Å²) in [5.41, 5.74) is 7.96. The fourth-order valence-corrected chi connectivity index (χ4v) is 5.04. The van der Waals surface area contributed by atoms with Crippen LogP contribution in [0, 0.1) is 18.8 Å². The highest BCUT2D eigenvalue weighted by molar-refractivity contribution is 6.42. The Bertz CT molecular complexity index is 890. The van der Waals surface area contributed by atoms with Crippen LogP contribution in [0.1, 0.15) is 50.7 Å². The van der Waals surface area contributed by atoms with E-state index in [9.17, 15) is 14.7 Å². The van der Waals surface area contributed by atoms with Gasteiger partial charge in [0.25, 0.3) is 5.91 Å². The van der Waals surface area contributed by atoms with Crippen molar-refractivity contribution in [3.8, 4) is 0 Å². The summed E-state index contributed by atoms with van der Waals surface area (Å²) in [6.07, 6.45) is 2.82. The molecule has 2 heterocycles. The van der Waals surface area contributed by atoms with Gasteiger partial charge in [-0.05, 0) is 49.7 Å². The van der Waals surface area contributed by atoms with Crippen LogP contribution in [0.15, 0.2) is 29.4 Å². The number of aliphatic carboxylic acids is 1. The van der Waals surface area contributed by atoms with Crippen molar-refractivity contribution < 1.29 is 19.4 Å². The fourth-order valence-electron chi connectivity index (χ4n) is 5.04. The average molecular weight is 474 g/mol. The van der Waals surface area contributed by atoms with Gasteiger partial charge < -0.3 is 20.1 Å². The molecule has 1 aromatic carbocycles. The molecular weight excluding hydrogens is 434 g/mol. The lowest BCUT2D eigenvalue weighted by Gasteiger charge is -2.40. The number of methoxy groups -OCH3 is 1. The molecule has 0 radical (unpaired) electrons. The molecule has 4 N–H and O–H groups in total. The number of hydrogen-bond acceptors (Lipinski definition) is 7. The van der Waals surface area contributed by atoms with Gasteiger partial charge in [-0.25, -0.2) is 11.0 Å². The van der Waals surface area contributed by atoms with Crippen molar-refractivity contribution in [3.63, 3.8) is 0 Å². The number of nitrogens with zero attached hydrogens (tertiary/aromatic N) is 2. The number of aryl methyl sites for hydroxylation is 1. The van der Waals surface area contributed by atoms with Gasteiger partial charge in [0.2, 0.25) is 0 Å². The molecule has 0 aromatic heterocycles. The van der Waals surface area contributed by atoms with Crippen LogP contribution < -0.4 is 16.3 Å². The fraction of sp³-hybridized carbons (Fsp3) is 0.640. The maximum Gasteiger partial charge on any atom is 0.307 e. The highest BCUT2D eigenvalue weighted by atomic mass is 16.5. The number of benzene rings is 1. The standard InChI is InChI=1S/C25H39N5O4/c1-17(2)16-30(20-13-19(24(32)33)14-26-15-20)23(31)22-25(28-29-27-22,11-7-8-12-34-4)21-10-6-5-9-18(21)3/h5-6,9-10,17,19-20,26,28-29H,7-8,11-16H2,1-4H3,(H,32,33)/t19-,20+,25?/m1/s1. The Kier molecular flexibility index (Phi) is 9.04. The lowest BCUT2D eigenvalue weighted by atomic mass is 9.78. The quantitative estimate of drug-likeness (QED) is 0.364. The van der Waals surface area contributed by atoms with Crippen molar-refractivity contribution in [1.82, 2.24) is 21.2 Å². The van der Waals surface area contributed by atoms with Gasteiger partial charge in [0.15, 0.2) is 5.71 Å². The van der Waals surface area contributed by atoms with Crippen LogP contribution in [0.5, 0.6) is 0 Å². The lowest BCUT2D eigenvalue weighted by molar-refractivity contribution is -0.144. The summed E-state index contributed by atoms with van der Waals surface area (Å²) in [7, 11) is 1.69. The van der Waals surface area contributed by atoms with Crippen molar-refractivity contribution in [2.24, 2.45) is 16.9 Å². The Labute approximate surface area is 202 Å². The summed E-state index contributed by atoms with van der Waals surface area (Å²) < 4.78 is 5.24. The molecule has 188 valence electrons. The van der Waals surface area contributed by atoms with Crippen LogP contribution >= 0.6 is 0 Å². The van der Waals surface area contributed by atoms with Crippen LogP contribution in [0.3, 0.4) is 0 Å². The second-order valence-corrected chi connectivity index (χ2v) is 9.80. The predicted octanol–water partition coefficient (Wildman–Crippen LogP) is 2.02. The first-order valence-corrected chi connectivity index (χ1v) is 12.2. The molecule has 0 aliphatic carbocycles. The third-order valence-corrected chi connectivity index (χ3v) is 6.74. The summed E-state index contributed by atoms with van der Waals surface area (Å²) in [5.74, 6) is -1.27. The molecule has 1 saturated heterocycles. The van der Waals surface area contributed by atoms with Crippen molar-refractivity contribution in [2.75, 3.05) is 33.4 Å². The first-order chi connectivity index (χ1) is 16.3. The molecule has 9 heteroatoms. The van der Waals surface area contributed by atoms with Crippen LogP contribution in [-0.4, -0.2) is 67.0 Å². The maximum absolute atomic E-state index is 14.2. The van der Waals surface area contributed by atoms with E-state index in [1.165, 1.54) is 0 Å². The van der Waals surface area contributed by atoms with Crippen LogP contribution in [0.4, 0.5) is 0 Å². The third-order valence-electron chi connectivity index (χ3n) is 6.74. The molecule has 3 atom stereocenters. The van der Waals surface area contributed by atoms with Crippen LogP contribution in [-0.2, 0) is 19.9 Å². The summed E-state index contributed by atoms with van der Waals surface area (Å²) in [4.78, 5) is 27.7. The van der Waals surface area contributed by atoms with Crippen molar-refractivity contribution in [2.45, 2.75) is 58.0 Å². The normalized spacial score (nSPS) is 24.6. The Balaban J connectivity index is 1.95. The number of carboxylic acids is 1. The van der Waals surface area contributed by atoms with Gasteiger partial charge in [0.05, 0.1) is 5.92 Å². The first kappa shape index (κ1) is 26.1. The molecule has 2 aliphatic heterocycles. The Morgan fingerprint density at radius 3 is 2.71 bits per heavy atom. The van der Waals surface area contributed by atoms with E-state index in [0.29, 0.717) is 44.8 Å². The van der Waals surface area contributed by atoms with Crippen molar-refractivity contribution in [3.05, 3.63) is 35.4 Å². The second-order valence-electron chi connectivity index (χ2n) is 9.80. The minimum absolute atomic E-state index is 0.154. The Morgan fingerprint density at radius 1 is 1.26 bits per heavy atom. The first-order valence-electron chi connectivity index (χ1n) is 12.2. The van der Waals surface area contributed by atoms with Gasteiger partial charge in [0, 0.05) is 39.4 Å². The zero-order chi connectivity index (χ0) is 24.7. The molecule has 3 rings (SSSR count). The molecule has 1 aromatic rings. The number of nitrogens with one attached hydrogen (secondary N) is 3. The molecule has 1 fully saturated rings.